The molecule has 0 spiro atoms. The maximum atomic E-state index is 11.8. The van der Waals surface area contributed by atoms with Crippen LogP contribution in [0.2, 0.25) is 0 Å². The summed E-state index contributed by atoms with van der Waals surface area (Å²) < 4.78 is 0. The van der Waals surface area contributed by atoms with Crippen LogP contribution in [0.1, 0.15) is 33.5 Å². The number of anilines is 1. The number of benzene rings is 2. The summed E-state index contributed by atoms with van der Waals surface area (Å²) in [5, 5.41) is 4.45. The molecule has 1 aliphatic rings. The van der Waals surface area contributed by atoms with Crippen LogP contribution in [-0.4, -0.2) is 42.1 Å². The van der Waals surface area contributed by atoms with E-state index in [0.717, 1.165) is 57.5 Å². The Hall–Kier alpha value is -3.64. The highest BCUT2D eigenvalue weighted by Crippen LogP contribution is 2.35. The predicted octanol–water partition coefficient (Wildman–Crippen LogP) is 4.72. The van der Waals surface area contributed by atoms with Crippen LogP contribution in [0, 0.1) is 20.8 Å². The number of likely N-dealkylation sites (N-methyl/N-ethyl adjacent to an activating group) is 1. The average Bonchev–Trinajstić information content (AvgIpc) is 3.47. The Morgan fingerprint density at radius 3 is 2.62 bits per heavy atom. The Morgan fingerprint density at radius 1 is 1.09 bits per heavy atom. The van der Waals surface area contributed by atoms with Crippen molar-refractivity contribution in [2.45, 2.75) is 33.2 Å². The molecule has 1 amide bonds. The van der Waals surface area contributed by atoms with Gasteiger partial charge in [-0.2, -0.15) is 0 Å². The summed E-state index contributed by atoms with van der Waals surface area (Å²) in [6.07, 6.45) is 5.10. The zero-order valence-corrected chi connectivity index (χ0v) is 20.2. The van der Waals surface area contributed by atoms with Gasteiger partial charge in [0, 0.05) is 59.3 Å². The Bertz CT molecular complexity index is 1400. The van der Waals surface area contributed by atoms with Crippen LogP contribution in [0.5, 0.6) is 0 Å². The molecule has 0 radical (unpaired) electrons. The molecule has 0 saturated carbocycles. The topological polar surface area (TPSA) is 87.0 Å². The minimum absolute atomic E-state index is 0.399. The van der Waals surface area contributed by atoms with Gasteiger partial charge < -0.3 is 20.9 Å². The Kier molecular flexibility index (Phi) is 5.62. The maximum Gasteiger partial charge on any atom is 0.248 e. The third-order valence-electron chi connectivity index (χ3n) is 7.34. The van der Waals surface area contributed by atoms with Crippen LogP contribution in [-0.2, 0) is 0 Å². The zero-order chi connectivity index (χ0) is 24.0. The van der Waals surface area contributed by atoms with Gasteiger partial charge >= 0.3 is 0 Å². The van der Waals surface area contributed by atoms with E-state index in [-0.39, 0.29) is 0 Å². The molecule has 6 nitrogen and oxygen atoms in total. The number of carbonyl (C=O) groups is 1. The minimum Gasteiger partial charge on any atom is -0.370 e. The van der Waals surface area contributed by atoms with Gasteiger partial charge in [-0.25, -0.2) is 4.98 Å². The van der Waals surface area contributed by atoms with Crippen LogP contribution >= 0.6 is 0 Å². The van der Waals surface area contributed by atoms with Crippen molar-refractivity contribution in [2.24, 2.45) is 5.73 Å². The minimum atomic E-state index is -0.399. The number of aromatic amines is 1. The lowest BCUT2D eigenvalue weighted by Gasteiger charge is -2.21. The fourth-order valence-electron chi connectivity index (χ4n) is 5.17. The molecule has 1 atom stereocenters. The molecule has 174 valence electrons. The molecule has 6 heteroatoms. The lowest BCUT2D eigenvalue weighted by molar-refractivity contribution is 0.0999. The van der Waals surface area contributed by atoms with E-state index in [0.29, 0.717) is 11.6 Å². The molecule has 1 saturated heterocycles. The highest BCUT2D eigenvalue weighted by Gasteiger charge is 2.22. The van der Waals surface area contributed by atoms with E-state index in [9.17, 15) is 4.79 Å². The molecule has 1 unspecified atom stereocenters. The van der Waals surface area contributed by atoms with Crippen molar-refractivity contribution >= 4 is 22.6 Å². The largest absolute Gasteiger partial charge is 0.370 e. The smallest absolute Gasteiger partial charge is 0.248 e. The fourth-order valence-corrected chi connectivity index (χ4v) is 5.17. The van der Waals surface area contributed by atoms with Gasteiger partial charge in [-0.15, -0.1) is 0 Å². The highest BCUT2D eigenvalue weighted by molar-refractivity contribution is 5.99. The first-order chi connectivity index (χ1) is 16.4. The third-order valence-corrected chi connectivity index (χ3v) is 7.34. The monoisotopic (exact) mass is 453 g/mol. The van der Waals surface area contributed by atoms with E-state index in [2.05, 4.69) is 46.4 Å². The SMILES string of the molecule is CNC1CCN(c2ccc(-c3cnc4[nH]cc(-c5ccc(C(N)=O)c(C)c5C)c4c3)cc2C)C1. The summed E-state index contributed by atoms with van der Waals surface area (Å²) in [7, 11) is 2.04. The summed E-state index contributed by atoms with van der Waals surface area (Å²) >= 11 is 0. The lowest BCUT2D eigenvalue weighted by atomic mass is 9.93. The Balaban J connectivity index is 1.53. The summed E-state index contributed by atoms with van der Waals surface area (Å²) in [6, 6.07) is 13.2. The first-order valence-corrected chi connectivity index (χ1v) is 11.8. The standard InChI is InChI=1S/C28H31N5O/c1-16-11-19(5-8-26(16)33-10-9-21(15-33)30-4)20-12-24-25(14-32-28(24)31-13-20)22-6-7-23(27(29)34)18(3)17(22)2/h5-8,11-14,21,30H,9-10,15H2,1-4H3,(H2,29,34)(H,31,32). The fraction of sp³-hybridized carbons (Fsp3) is 0.286. The highest BCUT2D eigenvalue weighted by atomic mass is 16.1. The van der Waals surface area contributed by atoms with Crippen LogP contribution in [0.3, 0.4) is 0 Å². The molecule has 4 aromatic rings. The van der Waals surface area contributed by atoms with E-state index in [1.165, 1.54) is 17.7 Å². The van der Waals surface area contributed by atoms with Crippen LogP contribution in [0.25, 0.3) is 33.3 Å². The van der Waals surface area contributed by atoms with Gasteiger partial charge in [0.15, 0.2) is 0 Å². The summed E-state index contributed by atoms with van der Waals surface area (Å²) in [4.78, 5) is 22.2. The molecule has 34 heavy (non-hydrogen) atoms. The number of nitrogens with zero attached hydrogens (tertiary/aromatic N) is 2. The molecule has 0 bridgehead atoms. The number of nitrogens with one attached hydrogen (secondary N) is 2. The van der Waals surface area contributed by atoms with Gasteiger partial charge in [0.2, 0.25) is 5.91 Å². The van der Waals surface area contributed by atoms with Gasteiger partial charge in [-0.05, 0) is 86.3 Å². The van der Waals surface area contributed by atoms with Crippen molar-refractivity contribution in [1.82, 2.24) is 15.3 Å². The molecular formula is C28H31N5O. The number of hydrogen-bond acceptors (Lipinski definition) is 4. The van der Waals surface area contributed by atoms with E-state index < -0.39 is 5.91 Å². The van der Waals surface area contributed by atoms with Gasteiger partial charge in [0.25, 0.3) is 0 Å². The number of nitrogens with two attached hydrogens (primary N) is 1. The molecule has 2 aromatic heterocycles. The number of amides is 1. The number of rotatable bonds is 5. The second-order valence-electron chi connectivity index (χ2n) is 9.32. The lowest BCUT2D eigenvalue weighted by Crippen LogP contribution is -2.29. The maximum absolute atomic E-state index is 11.8. The summed E-state index contributed by atoms with van der Waals surface area (Å²) in [5.74, 6) is -0.399. The molecule has 0 aliphatic carbocycles. The van der Waals surface area contributed by atoms with Crippen LogP contribution in [0.15, 0.2) is 48.8 Å². The van der Waals surface area contributed by atoms with E-state index in [4.69, 9.17) is 10.7 Å². The van der Waals surface area contributed by atoms with Gasteiger partial charge in [0.05, 0.1) is 0 Å². The number of aromatic nitrogens is 2. The molecule has 4 N–H and O–H groups in total. The average molecular weight is 454 g/mol. The number of primary amides is 1. The van der Waals surface area contributed by atoms with E-state index in [1.807, 2.05) is 45.4 Å². The van der Waals surface area contributed by atoms with Crippen molar-refractivity contribution in [1.29, 1.82) is 0 Å². The predicted molar refractivity (Wildman–Crippen MR) is 139 cm³/mol. The number of H-pyrrole nitrogens is 1. The van der Waals surface area contributed by atoms with E-state index >= 15 is 0 Å². The van der Waals surface area contributed by atoms with Crippen LogP contribution < -0.4 is 16.0 Å². The zero-order valence-electron chi connectivity index (χ0n) is 20.2. The number of pyridine rings is 1. The molecule has 1 fully saturated rings. The quantitative estimate of drug-likeness (QED) is 0.408. The second-order valence-corrected chi connectivity index (χ2v) is 9.32. The van der Waals surface area contributed by atoms with Crippen LogP contribution in [0.4, 0.5) is 5.69 Å². The van der Waals surface area contributed by atoms with Crippen molar-refractivity contribution < 1.29 is 4.79 Å². The Morgan fingerprint density at radius 2 is 1.91 bits per heavy atom. The number of hydrogen-bond donors (Lipinski definition) is 3. The normalized spacial score (nSPS) is 15.9. The number of fused-ring (bicyclic) bond motifs is 1. The van der Waals surface area contributed by atoms with Crippen molar-refractivity contribution in [3.63, 3.8) is 0 Å². The molecule has 2 aromatic carbocycles. The number of carbonyl (C=O) groups excluding carboxylic acids is 1. The summed E-state index contributed by atoms with van der Waals surface area (Å²) in [5.41, 5.74) is 15.9. The third kappa shape index (κ3) is 3.74. The van der Waals surface area contributed by atoms with Crippen molar-refractivity contribution in [3.05, 3.63) is 71.0 Å². The second kappa shape index (κ2) is 8.61. The summed E-state index contributed by atoms with van der Waals surface area (Å²) in [6.45, 7) is 8.29. The molecule has 5 rings (SSSR count). The van der Waals surface area contributed by atoms with Gasteiger partial charge in [-0.3, -0.25) is 4.79 Å². The Labute approximate surface area is 200 Å². The van der Waals surface area contributed by atoms with E-state index in [1.54, 1.807) is 0 Å². The molecule has 3 heterocycles. The van der Waals surface area contributed by atoms with Gasteiger partial charge in [-0.1, -0.05) is 12.1 Å². The van der Waals surface area contributed by atoms with Crippen molar-refractivity contribution in [3.8, 4) is 22.3 Å². The molecule has 1 aliphatic heterocycles. The first kappa shape index (κ1) is 22.2. The van der Waals surface area contributed by atoms with Gasteiger partial charge in [0.1, 0.15) is 5.65 Å². The number of aryl methyl sites for hydroxylation is 1. The molecular weight excluding hydrogens is 422 g/mol. The first-order valence-electron chi connectivity index (χ1n) is 11.8. The van der Waals surface area contributed by atoms with Crippen molar-refractivity contribution in [2.75, 3.05) is 25.0 Å².